The lowest BCUT2D eigenvalue weighted by molar-refractivity contribution is -0.139. The average Bonchev–Trinajstić information content (AvgIpc) is 2.92. The number of halogens is 2. The summed E-state index contributed by atoms with van der Waals surface area (Å²) in [6, 6.07) is 17.4. The standard InChI is InChI=1S/C28H31Cl2N3O4S2/c1-5-31-28(35)20(3)32(17-24-25(29)7-6-8-26(24)30)27(34)18-33(21-11-9-19(2)10-12-21)39(36,37)23-15-13-22(38-4)14-16-23/h6-16,20H,5,17-18H2,1-4H3,(H,31,35)/t20-/m0/s1. The quantitative estimate of drug-likeness (QED) is 0.279. The molecule has 0 aliphatic heterocycles. The first-order valence-electron chi connectivity index (χ1n) is 12.2. The second-order valence-corrected chi connectivity index (χ2v) is 12.4. The number of sulfonamides is 1. The minimum absolute atomic E-state index is 0.0474. The molecular weight excluding hydrogens is 577 g/mol. The second-order valence-electron chi connectivity index (χ2n) is 8.82. The number of rotatable bonds is 11. The molecule has 39 heavy (non-hydrogen) atoms. The first-order valence-corrected chi connectivity index (χ1v) is 15.6. The van der Waals surface area contributed by atoms with E-state index in [1.54, 1.807) is 68.4 Å². The highest BCUT2D eigenvalue weighted by molar-refractivity contribution is 7.98. The van der Waals surface area contributed by atoms with Crippen LogP contribution in [0.5, 0.6) is 0 Å². The third-order valence-electron chi connectivity index (χ3n) is 6.16. The summed E-state index contributed by atoms with van der Waals surface area (Å²) in [6.07, 6.45) is 1.90. The lowest BCUT2D eigenvalue weighted by atomic mass is 10.1. The molecular formula is C28H31Cl2N3O4S2. The molecule has 0 aliphatic carbocycles. The molecule has 0 unspecified atom stereocenters. The van der Waals surface area contributed by atoms with E-state index in [4.69, 9.17) is 23.2 Å². The van der Waals surface area contributed by atoms with E-state index in [2.05, 4.69) is 5.32 Å². The highest BCUT2D eigenvalue weighted by Crippen LogP contribution is 2.29. The van der Waals surface area contributed by atoms with Crippen molar-refractivity contribution in [1.29, 1.82) is 0 Å². The van der Waals surface area contributed by atoms with Crippen molar-refractivity contribution >= 4 is 62.5 Å². The Bertz CT molecular complexity index is 1400. The third-order valence-corrected chi connectivity index (χ3v) is 9.40. The molecule has 3 rings (SSSR count). The van der Waals surface area contributed by atoms with Crippen LogP contribution in [0, 0.1) is 6.92 Å². The molecule has 0 heterocycles. The number of hydrogen-bond acceptors (Lipinski definition) is 5. The molecule has 0 saturated carbocycles. The summed E-state index contributed by atoms with van der Waals surface area (Å²) < 4.78 is 28.8. The van der Waals surface area contributed by atoms with Crippen molar-refractivity contribution in [2.45, 2.75) is 43.1 Å². The first kappa shape index (κ1) is 30.8. The Morgan fingerprint density at radius 2 is 1.56 bits per heavy atom. The Balaban J connectivity index is 2.06. The van der Waals surface area contributed by atoms with Crippen molar-refractivity contribution in [2.75, 3.05) is 23.7 Å². The maximum absolute atomic E-state index is 13.9. The predicted molar refractivity (Wildman–Crippen MR) is 159 cm³/mol. The Hall–Kier alpha value is -2.72. The van der Waals surface area contributed by atoms with Crippen LogP contribution >= 0.6 is 35.0 Å². The highest BCUT2D eigenvalue weighted by Gasteiger charge is 2.33. The summed E-state index contributed by atoms with van der Waals surface area (Å²) in [4.78, 5) is 29.0. The van der Waals surface area contributed by atoms with E-state index in [1.165, 1.54) is 28.8 Å². The molecule has 208 valence electrons. The fourth-order valence-electron chi connectivity index (χ4n) is 3.87. The van der Waals surface area contributed by atoms with E-state index in [1.807, 2.05) is 13.2 Å². The van der Waals surface area contributed by atoms with Gasteiger partial charge in [-0.25, -0.2) is 8.42 Å². The van der Waals surface area contributed by atoms with Crippen LogP contribution in [-0.2, 0) is 26.2 Å². The van der Waals surface area contributed by atoms with Gasteiger partial charge in [0.1, 0.15) is 12.6 Å². The number of amides is 2. The van der Waals surface area contributed by atoms with Crippen LogP contribution < -0.4 is 9.62 Å². The number of nitrogens with one attached hydrogen (secondary N) is 1. The molecule has 0 saturated heterocycles. The van der Waals surface area contributed by atoms with Gasteiger partial charge in [0.25, 0.3) is 10.0 Å². The molecule has 0 fully saturated rings. The van der Waals surface area contributed by atoms with Crippen molar-refractivity contribution in [1.82, 2.24) is 10.2 Å². The molecule has 3 aromatic rings. The van der Waals surface area contributed by atoms with E-state index in [0.717, 1.165) is 14.8 Å². The molecule has 1 atom stereocenters. The molecule has 0 spiro atoms. The van der Waals surface area contributed by atoms with Gasteiger partial charge in [-0.2, -0.15) is 0 Å². The lowest BCUT2D eigenvalue weighted by Crippen LogP contribution is -2.51. The zero-order valence-corrected chi connectivity index (χ0v) is 25.3. The molecule has 0 aromatic heterocycles. The number of thioether (sulfide) groups is 1. The summed E-state index contributed by atoms with van der Waals surface area (Å²) in [5.74, 6) is -0.971. The van der Waals surface area contributed by atoms with Gasteiger partial charge >= 0.3 is 0 Å². The highest BCUT2D eigenvalue weighted by atomic mass is 35.5. The average molecular weight is 609 g/mol. The zero-order valence-electron chi connectivity index (χ0n) is 22.1. The fourth-order valence-corrected chi connectivity index (χ4v) is 6.21. The van der Waals surface area contributed by atoms with Gasteiger partial charge in [-0.3, -0.25) is 13.9 Å². The number of aryl methyl sites for hydroxylation is 1. The van der Waals surface area contributed by atoms with E-state index < -0.39 is 28.5 Å². The number of anilines is 1. The summed E-state index contributed by atoms with van der Waals surface area (Å²) in [7, 11) is -4.14. The van der Waals surface area contributed by atoms with Gasteiger partial charge in [0.2, 0.25) is 11.8 Å². The Kier molecular flexibility index (Phi) is 10.7. The van der Waals surface area contributed by atoms with Crippen LogP contribution in [0.3, 0.4) is 0 Å². The van der Waals surface area contributed by atoms with Gasteiger partial charge in [-0.15, -0.1) is 11.8 Å². The number of nitrogens with zero attached hydrogens (tertiary/aromatic N) is 2. The van der Waals surface area contributed by atoms with Crippen molar-refractivity contribution in [3.05, 3.63) is 87.9 Å². The maximum atomic E-state index is 13.9. The number of benzene rings is 3. The van der Waals surface area contributed by atoms with Gasteiger partial charge in [0.05, 0.1) is 10.6 Å². The normalized spacial score (nSPS) is 12.1. The van der Waals surface area contributed by atoms with Crippen LogP contribution in [0.1, 0.15) is 25.0 Å². The zero-order chi connectivity index (χ0) is 28.7. The molecule has 11 heteroatoms. The van der Waals surface area contributed by atoms with Gasteiger partial charge in [0, 0.05) is 33.6 Å². The van der Waals surface area contributed by atoms with Crippen LogP contribution in [0.15, 0.2) is 76.5 Å². The fraction of sp³-hybridized carbons (Fsp3) is 0.286. The monoisotopic (exact) mass is 607 g/mol. The minimum atomic E-state index is -4.14. The van der Waals surface area contributed by atoms with Crippen LogP contribution in [0.25, 0.3) is 0 Å². The number of carbonyl (C=O) groups excluding carboxylic acids is 2. The molecule has 2 amide bonds. The van der Waals surface area contributed by atoms with Gasteiger partial charge in [0.15, 0.2) is 0 Å². The van der Waals surface area contributed by atoms with Crippen LogP contribution in [0.4, 0.5) is 5.69 Å². The smallest absolute Gasteiger partial charge is 0.264 e. The topological polar surface area (TPSA) is 86.8 Å². The summed E-state index contributed by atoms with van der Waals surface area (Å²) in [6.45, 7) is 4.99. The lowest BCUT2D eigenvalue weighted by Gasteiger charge is -2.32. The Morgan fingerprint density at radius 1 is 0.974 bits per heavy atom. The van der Waals surface area contributed by atoms with E-state index in [9.17, 15) is 18.0 Å². The van der Waals surface area contributed by atoms with Gasteiger partial charge < -0.3 is 10.2 Å². The minimum Gasteiger partial charge on any atom is -0.355 e. The van der Waals surface area contributed by atoms with E-state index in [-0.39, 0.29) is 17.3 Å². The van der Waals surface area contributed by atoms with Gasteiger partial charge in [-0.05, 0) is 75.6 Å². The Morgan fingerprint density at radius 3 is 2.10 bits per heavy atom. The van der Waals surface area contributed by atoms with Crippen molar-refractivity contribution in [2.24, 2.45) is 0 Å². The van der Waals surface area contributed by atoms with Crippen molar-refractivity contribution in [3.8, 4) is 0 Å². The molecule has 3 aromatic carbocycles. The molecule has 7 nitrogen and oxygen atoms in total. The Labute approximate surface area is 244 Å². The number of hydrogen-bond donors (Lipinski definition) is 1. The summed E-state index contributed by atoms with van der Waals surface area (Å²) in [5.41, 5.74) is 1.72. The van der Waals surface area contributed by atoms with Crippen molar-refractivity contribution in [3.63, 3.8) is 0 Å². The number of likely N-dealkylation sites (N-methyl/N-ethyl adjacent to an activating group) is 1. The summed E-state index contributed by atoms with van der Waals surface area (Å²) in [5, 5.41) is 3.39. The number of carbonyl (C=O) groups is 2. The predicted octanol–water partition coefficient (Wildman–Crippen LogP) is 5.77. The van der Waals surface area contributed by atoms with Gasteiger partial charge in [-0.1, -0.05) is 47.0 Å². The van der Waals surface area contributed by atoms with E-state index in [0.29, 0.717) is 27.8 Å². The third kappa shape index (κ3) is 7.48. The summed E-state index contributed by atoms with van der Waals surface area (Å²) >= 11 is 14.3. The van der Waals surface area contributed by atoms with Crippen LogP contribution in [0.2, 0.25) is 10.0 Å². The molecule has 0 radical (unpaired) electrons. The van der Waals surface area contributed by atoms with Crippen LogP contribution in [-0.4, -0.2) is 50.5 Å². The van der Waals surface area contributed by atoms with Crippen molar-refractivity contribution < 1.29 is 18.0 Å². The second kappa shape index (κ2) is 13.6. The SMILES string of the molecule is CCNC(=O)[C@H](C)N(Cc1c(Cl)cccc1Cl)C(=O)CN(c1ccc(C)cc1)S(=O)(=O)c1ccc(SC)cc1. The molecule has 0 bridgehead atoms. The largest absolute Gasteiger partial charge is 0.355 e. The van der Waals surface area contributed by atoms with E-state index >= 15 is 0 Å². The first-order chi connectivity index (χ1) is 18.5. The maximum Gasteiger partial charge on any atom is 0.264 e. The molecule has 0 aliphatic rings. The molecule has 1 N–H and O–H groups in total.